The Balaban J connectivity index is 1.78. The van der Waals surface area contributed by atoms with Gasteiger partial charge in [-0.25, -0.2) is 0 Å². The molecule has 0 spiro atoms. The summed E-state index contributed by atoms with van der Waals surface area (Å²) in [6.07, 6.45) is 0. The molecule has 3 rings (SSSR count). The monoisotopic (exact) mass is 392 g/mol. The highest BCUT2D eigenvalue weighted by Crippen LogP contribution is 2.23. The number of carbonyl (C=O) groups excluding carboxylic acids is 1. The van der Waals surface area contributed by atoms with Crippen molar-refractivity contribution in [3.8, 4) is 11.4 Å². The van der Waals surface area contributed by atoms with Crippen LogP contribution >= 0.6 is 35.2 Å². The van der Waals surface area contributed by atoms with E-state index in [9.17, 15) is 4.79 Å². The van der Waals surface area contributed by atoms with Crippen LogP contribution in [0.5, 0.6) is 0 Å². The molecule has 1 N–H and O–H groups in total. The molecule has 0 saturated heterocycles. The quantitative estimate of drug-likeness (QED) is 0.659. The number of benzene rings is 1. The maximum atomic E-state index is 12.6. The zero-order valence-corrected chi connectivity index (χ0v) is 16.2. The van der Waals surface area contributed by atoms with Crippen molar-refractivity contribution in [3.05, 3.63) is 55.9 Å². The van der Waals surface area contributed by atoms with E-state index in [2.05, 4.69) is 10.2 Å². The molecule has 130 valence electrons. The van der Waals surface area contributed by atoms with E-state index in [0.717, 1.165) is 20.3 Å². The number of nitrogens with zero attached hydrogens (tertiary/aromatic N) is 3. The van der Waals surface area contributed by atoms with Gasteiger partial charge in [-0.3, -0.25) is 14.5 Å². The van der Waals surface area contributed by atoms with Crippen molar-refractivity contribution in [2.24, 2.45) is 0 Å². The van der Waals surface area contributed by atoms with Gasteiger partial charge in [-0.05, 0) is 31.3 Å². The van der Waals surface area contributed by atoms with E-state index in [1.54, 1.807) is 16.5 Å². The molecule has 0 aliphatic heterocycles. The molecule has 0 radical (unpaired) electrons. The molecule has 0 saturated carbocycles. The van der Waals surface area contributed by atoms with Gasteiger partial charge in [0.05, 0.1) is 10.9 Å². The van der Waals surface area contributed by atoms with Crippen LogP contribution in [0.2, 0.25) is 4.34 Å². The van der Waals surface area contributed by atoms with E-state index in [-0.39, 0.29) is 12.5 Å². The Labute approximate surface area is 159 Å². The van der Waals surface area contributed by atoms with Gasteiger partial charge in [0, 0.05) is 17.5 Å². The number of halogens is 1. The Hall–Kier alpha value is -1.96. The number of hydrogen-bond acceptors (Lipinski definition) is 4. The molecule has 0 aliphatic carbocycles. The summed E-state index contributed by atoms with van der Waals surface area (Å²) in [5, 5.41) is 7.05. The smallest absolute Gasteiger partial charge is 0.242 e. The van der Waals surface area contributed by atoms with Crippen molar-refractivity contribution >= 4 is 41.1 Å². The van der Waals surface area contributed by atoms with Gasteiger partial charge in [-0.2, -0.15) is 5.10 Å². The molecule has 3 aromatic rings. The number of rotatable bonds is 5. The molecule has 0 aliphatic rings. The second-order valence-electron chi connectivity index (χ2n) is 5.76. The first-order valence-electron chi connectivity index (χ1n) is 7.64. The Morgan fingerprint density at radius 3 is 2.68 bits per heavy atom. The second-order valence-corrected chi connectivity index (χ2v) is 7.95. The molecule has 0 bridgehead atoms. The molecule has 8 heteroatoms. The lowest BCUT2D eigenvalue weighted by Crippen LogP contribution is -2.29. The first kappa shape index (κ1) is 17.8. The summed E-state index contributed by atoms with van der Waals surface area (Å²) in [5.41, 5.74) is 2.08. The number of amides is 1. The lowest BCUT2D eigenvalue weighted by molar-refractivity contribution is -0.131. The number of carbonyl (C=O) groups is 1. The van der Waals surface area contributed by atoms with E-state index < -0.39 is 0 Å². The molecule has 5 nitrogen and oxygen atoms in total. The Kier molecular flexibility index (Phi) is 5.36. The lowest BCUT2D eigenvalue weighted by Gasteiger charge is -2.17. The van der Waals surface area contributed by atoms with Gasteiger partial charge in [-0.15, -0.1) is 11.3 Å². The predicted molar refractivity (Wildman–Crippen MR) is 103 cm³/mol. The molecule has 25 heavy (non-hydrogen) atoms. The maximum absolute atomic E-state index is 12.6. The highest BCUT2D eigenvalue weighted by Gasteiger charge is 2.16. The van der Waals surface area contributed by atoms with Crippen molar-refractivity contribution < 1.29 is 4.79 Å². The van der Waals surface area contributed by atoms with Gasteiger partial charge in [-0.1, -0.05) is 41.4 Å². The summed E-state index contributed by atoms with van der Waals surface area (Å²) < 4.78 is 2.87. The van der Waals surface area contributed by atoms with Crippen LogP contribution in [0.15, 0.2) is 36.4 Å². The second kappa shape index (κ2) is 7.51. The summed E-state index contributed by atoms with van der Waals surface area (Å²) in [4.78, 5) is 15.3. The van der Waals surface area contributed by atoms with Gasteiger partial charge >= 0.3 is 0 Å². The molecule has 0 atom stereocenters. The van der Waals surface area contributed by atoms with Crippen molar-refractivity contribution in [2.75, 3.05) is 7.05 Å². The normalized spacial score (nSPS) is 10.8. The van der Waals surface area contributed by atoms with Crippen LogP contribution in [0.25, 0.3) is 11.4 Å². The first-order chi connectivity index (χ1) is 11.9. The fourth-order valence-corrected chi connectivity index (χ4v) is 3.74. The third-order valence-electron chi connectivity index (χ3n) is 3.81. The van der Waals surface area contributed by atoms with Crippen LogP contribution in [0.4, 0.5) is 0 Å². The average Bonchev–Trinajstić information content (AvgIpc) is 3.15. The summed E-state index contributed by atoms with van der Waals surface area (Å²) in [7, 11) is 1.77. The Bertz CT molecular complexity index is 942. The van der Waals surface area contributed by atoms with Crippen LogP contribution in [0, 0.1) is 11.7 Å². The van der Waals surface area contributed by atoms with E-state index in [1.165, 1.54) is 11.3 Å². The number of hydrogen-bond donors (Lipinski definition) is 1. The maximum Gasteiger partial charge on any atom is 0.242 e. The topological polar surface area (TPSA) is 53.9 Å². The molecule has 0 fully saturated rings. The third kappa shape index (κ3) is 4.18. The van der Waals surface area contributed by atoms with E-state index in [0.29, 0.717) is 17.1 Å². The van der Waals surface area contributed by atoms with E-state index >= 15 is 0 Å². The number of aromatic nitrogens is 3. The van der Waals surface area contributed by atoms with Gasteiger partial charge in [0.1, 0.15) is 6.54 Å². The Morgan fingerprint density at radius 1 is 1.32 bits per heavy atom. The predicted octanol–water partition coefficient (Wildman–Crippen LogP) is 4.29. The van der Waals surface area contributed by atoms with E-state index in [1.807, 2.05) is 43.3 Å². The standard InChI is InChI=1S/C17H17ClN4OS2/c1-11-3-5-12(6-4-11)16-19-20-17(24)22(16)10-15(23)21(2)9-13-7-8-14(18)25-13/h3-8H,9-10H2,1-2H3,(H,20,24). The number of H-pyrrole nitrogens is 1. The van der Waals surface area contributed by atoms with Gasteiger partial charge in [0.15, 0.2) is 10.6 Å². The summed E-state index contributed by atoms with van der Waals surface area (Å²) in [5.74, 6) is 0.612. The largest absolute Gasteiger partial charge is 0.339 e. The highest BCUT2D eigenvalue weighted by atomic mass is 35.5. The van der Waals surface area contributed by atoms with E-state index in [4.69, 9.17) is 23.8 Å². The zero-order valence-electron chi connectivity index (χ0n) is 13.8. The molecule has 2 heterocycles. The SMILES string of the molecule is Cc1ccc(-c2n[nH]c(=S)n2CC(=O)N(C)Cc2ccc(Cl)s2)cc1. The van der Waals surface area contributed by atoms with Crippen molar-refractivity contribution in [1.82, 2.24) is 19.7 Å². The Morgan fingerprint density at radius 2 is 2.04 bits per heavy atom. The van der Waals surface area contributed by atoms with Crippen LogP contribution in [0.1, 0.15) is 10.4 Å². The van der Waals surface area contributed by atoms with Crippen LogP contribution in [-0.4, -0.2) is 32.6 Å². The lowest BCUT2D eigenvalue weighted by atomic mass is 10.1. The van der Waals surface area contributed by atoms with Crippen molar-refractivity contribution in [1.29, 1.82) is 0 Å². The molecule has 2 aromatic heterocycles. The van der Waals surface area contributed by atoms with Gasteiger partial charge < -0.3 is 4.90 Å². The highest BCUT2D eigenvalue weighted by molar-refractivity contribution is 7.71. The van der Waals surface area contributed by atoms with Crippen LogP contribution in [0.3, 0.4) is 0 Å². The number of likely N-dealkylation sites (N-methyl/N-ethyl adjacent to an activating group) is 1. The average molecular weight is 393 g/mol. The number of thiophene rings is 1. The minimum atomic E-state index is -0.0459. The molecular weight excluding hydrogens is 376 g/mol. The van der Waals surface area contributed by atoms with Gasteiger partial charge in [0.25, 0.3) is 0 Å². The fraction of sp³-hybridized carbons (Fsp3) is 0.235. The summed E-state index contributed by atoms with van der Waals surface area (Å²) >= 11 is 12.7. The summed E-state index contributed by atoms with van der Waals surface area (Å²) in [6, 6.07) is 11.7. The third-order valence-corrected chi connectivity index (χ3v) is 5.34. The number of aryl methyl sites for hydroxylation is 1. The minimum absolute atomic E-state index is 0.0459. The first-order valence-corrected chi connectivity index (χ1v) is 9.25. The molecule has 0 unspecified atom stereocenters. The molecule has 1 amide bonds. The minimum Gasteiger partial charge on any atom is -0.339 e. The number of nitrogens with one attached hydrogen (secondary N) is 1. The molecular formula is C17H17ClN4OS2. The molecule has 1 aromatic carbocycles. The van der Waals surface area contributed by atoms with Gasteiger partial charge in [0.2, 0.25) is 5.91 Å². The van der Waals surface area contributed by atoms with Crippen molar-refractivity contribution in [2.45, 2.75) is 20.0 Å². The number of aromatic amines is 1. The van der Waals surface area contributed by atoms with Crippen LogP contribution in [-0.2, 0) is 17.9 Å². The van der Waals surface area contributed by atoms with Crippen molar-refractivity contribution in [3.63, 3.8) is 0 Å². The fourth-order valence-electron chi connectivity index (χ4n) is 2.40. The zero-order chi connectivity index (χ0) is 18.0. The summed E-state index contributed by atoms with van der Waals surface area (Å²) in [6.45, 7) is 2.67. The van der Waals surface area contributed by atoms with Crippen LogP contribution < -0.4 is 0 Å².